The topological polar surface area (TPSA) is 77.8 Å². The zero-order valence-electron chi connectivity index (χ0n) is 3.20. The van der Waals surface area contributed by atoms with Crippen molar-refractivity contribution in [1.29, 1.82) is 0 Å². The van der Waals surface area contributed by atoms with Gasteiger partial charge in [-0.3, -0.25) is 0 Å². The second kappa shape index (κ2) is 3.16. The third kappa shape index (κ3) is 70.1. The third-order valence-electron chi connectivity index (χ3n) is 0. The van der Waals surface area contributed by atoms with Crippen LogP contribution in [-0.2, 0) is 4.57 Å². The summed E-state index contributed by atoms with van der Waals surface area (Å²) < 4.78 is 8.88. The van der Waals surface area contributed by atoms with Gasteiger partial charge in [-0.25, -0.2) is 4.57 Å². The third-order valence-corrected chi connectivity index (χ3v) is 0. The number of rotatable bonds is 0. The standard InChI is InChI=1S/Na.H3O4P.2H2/c;1-5(2,3)4;;/h;(H3,1,2,3,4);2*1H. The molecule has 4 nitrogen and oxygen atoms in total. The Kier molecular flexibility index (Phi) is 5.35. The van der Waals surface area contributed by atoms with Crippen LogP contribution in [0.3, 0.4) is 0 Å². The molecule has 1 radical (unpaired) electrons. The minimum atomic E-state index is -4.64. The first-order chi connectivity index (χ1) is 2.00. The van der Waals surface area contributed by atoms with E-state index in [0.717, 1.165) is 0 Å². The van der Waals surface area contributed by atoms with Crippen molar-refractivity contribution in [2.75, 3.05) is 0 Å². The summed E-state index contributed by atoms with van der Waals surface area (Å²) in [5, 5.41) is 0. The van der Waals surface area contributed by atoms with Crippen molar-refractivity contribution in [1.82, 2.24) is 0 Å². The summed E-state index contributed by atoms with van der Waals surface area (Å²) in [5.41, 5.74) is 0. The van der Waals surface area contributed by atoms with Crippen LogP contribution in [0.25, 0.3) is 0 Å². The van der Waals surface area contributed by atoms with Crippen LogP contribution >= 0.6 is 7.82 Å². The van der Waals surface area contributed by atoms with Crippen LogP contribution in [0.5, 0.6) is 0 Å². The van der Waals surface area contributed by atoms with Gasteiger partial charge in [0.15, 0.2) is 0 Å². The summed E-state index contributed by atoms with van der Waals surface area (Å²) in [6, 6.07) is 0. The fourth-order valence-electron chi connectivity index (χ4n) is 0. The van der Waals surface area contributed by atoms with E-state index < -0.39 is 7.82 Å². The quantitative estimate of drug-likeness (QED) is 0.292. The Morgan fingerprint density at radius 1 is 1.33 bits per heavy atom. The fraction of sp³-hybridized carbons (Fsp3) is 0. The van der Waals surface area contributed by atoms with Gasteiger partial charge in [-0.15, -0.1) is 0 Å². The van der Waals surface area contributed by atoms with Gasteiger partial charge >= 0.3 is 7.82 Å². The van der Waals surface area contributed by atoms with E-state index in [1.807, 2.05) is 0 Å². The van der Waals surface area contributed by atoms with Crippen LogP contribution in [0.15, 0.2) is 0 Å². The van der Waals surface area contributed by atoms with Crippen LogP contribution < -0.4 is 0 Å². The normalized spacial score (nSPS) is 9.83. The molecular formula is H7NaO4P. The molecule has 0 aromatic carbocycles. The zero-order chi connectivity index (χ0) is 4.50. The molecule has 37 valence electrons. The molecule has 0 aromatic heterocycles. The predicted octanol–water partition coefficient (Wildman–Crippen LogP) is -0.817. The fourth-order valence-corrected chi connectivity index (χ4v) is 0. The Hall–Kier alpha value is 1.11. The molecule has 6 heteroatoms. The van der Waals surface area contributed by atoms with E-state index in [-0.39, 0.29) is 32.4 Å². The second-order valence-electron chi connectivity index (χ2n) is 0.513. The molecule has 0 saturated heterocycles. The van der Waals surface area contributed by atoms with Crippen molar-refractivity contribution < 1.29 is 22.1 Å². The van der Waals surface area contributed by atoms with Crippen LogP contribution in [0.1, 0.15) is 2.85 Å². The molecule has 3 N–H and O–H groups in total. The van der Waals surface area contributed by atoms with Crippen LogP contribution in [0, 0.1) is 0 Å². The SMILES string of the molecule is O=P(O)(O)O.[HH].[HH].[Na]. The molecule has 0 spiro atoms. The summed E-state index contributed by atoms with van der Waals surface area (Å²) in [4.78, 5) is 21.6. The average molecular weight is 125 g/mol. The Balaban J connectivity index is -0.0000000267. The van der Waals surface area contributed by atoms with Gasteiger partial charge in [0.1, 0.15) is 0 Å². The second-order valence-corrected chi connectivity index (χ2v) is 1.54. The molecule has 0 amide bonds. The van der Waals surface area contributed by atoms with Gasteiger partial charge in [0.25, 0.3) is 0 Å². The van der Waals surface area contributed by atoms with E-state index in [2.05, 4.69) is 0 Å². The Morgan fingerprint density at radius 2 is 1.33 bits per heavy atom. The molecule has 0 rings (SSSR count). The van der Waals surface area contributed by atoms with Crippen LogP contribution in [0.2, 0.25) is 0 Å². The number of hydrogen-bond acceptors (Lipinski definition) is 1. The Bertz CT molecular complexity index is 60.2. The molecule has 0 aliphatic heterocycles. The van der Waals surface area contributed by atoms with E-state index >= 15 is 0 Å². The molecule has 0 fully saturated rings. The van der Waals surface area contributed by atoms with E-state index in [9.17, 15) is 0 Å². The molecule has 0 bridgehead atoms. The van der Waals surface area contributed by atoms with Crippen molar-refractivity contribution in [2.24, 2.45) is 0 Å². The minimum absolute atomic E-state index is 0. The molecular weight excluding hydrogens is 118 g/mol. The Labute approximate surface area is 59.7 Å². The molecule has 0 saturated carbocycles. The monoisotopic (exact) mass is 125 g/mol. The van der Waals surface area contributed by atoms with Gasteiger partial charge in [0.05, 0.1) is 0 Å². The van der Waals surface area contributed by atoms with Crippen molar-refractivity contribution in [3.63, 3.8) is 0 Å². The number of hydrogen-bond donors (Lipinski definition) is 3. The molecule has 0 aliphatic rings. The molecule has 0 unspecified atom stereocenters. The Morgan fingerprint density at radius 3 is 1.33 bits per heavy atom. The number of phosphoric acid groups is 1. The molecule has 6 heavy (non-hydrogen) atoms. The van der Waals surface area contributed by atoms with E-state index in [4.69, 9.17) is 19.2 Å². The van der Waals surface area contributed by atoms with E-state index in [1.54, 1.807) is 0 Å². The molecule has 0 aromatic rings. The van der Waals surface area contributed by atoms with Gasteiger partial charge in [-0.05, 0) is 0 Å². The van der Waals surface area contributed by atoms with E-state index in [1.165, 1.54) is 0 Å². The van der Waals surface area contributed by atoms with Crippen molar-refractivity contribution in [3.05, 3.63) is 0 Å². The van der Waals surface area contributed by atoms with Crippen LogP contribution in [-0.4, -0.2) is 44.2 Å². The van der Waals surface area contributed by atoms with Gasteiger partial charge in [0.2, 0.25) is 0 Å². The predicted molar refractivity (Wildman–Crippen MR) is 24.2 cm³/mol. The molecule has 0 atom stereocenters. The summed E-state index contributed by atoms with van der Waals surface area (Å²) >= 11 is 0. The van der Waals surface area contributed by atoms with Crippen LogP contribution in [0.4, 0.5) is 0 Å². The molecule has 0 heterocycles. The zero-order valence-corrected chi connectivity index (χ0v) is 6.09. The summed E-state index contributed by atoms with van der Waals surface area (Å²) in [7, 11) is -4.64. The maximum absolute atomic E-state index is 8.88. The van der Waals surface area contributed by atoms with Crippen molar-refractivity contribution >= 4 is 37.4 Å². The average Bonchev–Trinajstić information content (AvgIpc) is 0.722. The summed E-state index contributed by atoms with van der Waals surface area (Å²) in [6.07, 6.45) is 0. The van der Waals surface area contributed by atoms with Crippen molar-refractivity contribution in [3.8, 4) is 0 Å². The van der Waals surface area contributed by atoms with Gasteiger partial charge in [-0.2, -0.15) is 0 Å². The van der Waals surface area contributed by atoms with E-state index in [0.29, 0.717) is 0 Å². The first-order valence-corrected chi connectivity index (χ1v) is 2.35. The first kappa shape index (κ1) is 10.2. The first-order valence-electron chi connectivity index (χ1n) is 0.783. The largest absolute Gasteiger partial charge is 0.466 e. The van der Waals surface area contributed by atoms with Gasteiger partial charge in [-0.1, -0.05) is 0 Å². The molecule has 0 aliphatic carbocycles. The maximum Gasteiger partial charge on any atom is 0.466 e. The summed E-state index contributed by atoms with van der Waals surface area (Å²) in [6.45, 7) is 0. The summed E-state index contributed by atoms with van der Waals surface area (Å²) in [5.74, 6) is 0. The van der Waals surface area contributed by atoms with Gasteiger partial charge < -0.3 is 14.7 Å². The smallest absolute Gasteiger partial charge is 0.303 e. The van der Waals surface area contributed by atoms with Crippen molar-refractivity contribution in [2.45, 2.75) is 0 Å². The minimum Gasteiger partial charge on any atom is -0.303 e. The maximum atomic E-state index is 8.88. The van der Waals surface area contributed by atoms with Gasteiger partial charge in [0, 0.05) is 32.4 Å².